The Hall–Kier alpha value is -1.62. The summed E-state index contributed by atoms with van der Waals surface area (Å²) in [5.41, 5.74) is 0. The highest BCUT2D eigenvalue weighted by Crippen LogP contribution is 2.23. The molecule has 2 aromatic heterocycles. The molecule has 5 heteroatoms. The van der Waals surface area contributed by atoms with Crippen LogP contribution in [-0.2, 0) is 0 Å². The molecule has 1 atom stereocenters. The van der Waals surface area contributed by atoms with Crippen LogP contribution in [0, 0.1) is 0 Å². The largest absolute Gasteiger partial charge is 0.461 e. The first kappa shape index (κ1) is 12.4. The van der Waals surface area contributed by atoms with Gasteiger partial charge in [0.2, 0.25) is 5.82 Å². The van der Waals surface area contributed by atoms with Crippen LogP contribution in [0.1, 0.15) is 44.5 Å². The summed E-state index contributed by atoms with van der Waals surface area (Å²) >= 11 is 0. The zero-order valence-corrected chi connectivity index (χ0v) is 11.3. The third-order valence-corrected chi connectivity index (χ3v) is 3.83. The summed E-state index contributed by atoms with van der Waals surface area (Å²) in [4.78, 5) is 7.04. The van der Waals surface area contributed by atoms with Gasteiger partial charge in [0.25, 0.3) is 0 Å². The van der Waals surface area contributed by atoms with E-state index in [0.717, 1.165) is 18.9 Å². The number of rotatable bonds is 3. The molecule has 0 radical (unpaired) electrons. The number of likely N-dealkylation sites (tertiary alicyclic amines) is 1. The summed E-state index contributed by atoms with van der Waals surface area (Å²) in [7, 11) is 0. The zero-order chi connectivity index (χ0) is 13.1. The maximum atomic E-state index is 5.32. The highest BCUT2D eigenvalue weighted by atomic mass is 16.3. The molecule has 0 bridgehead atoms. The summed E-state index contributed by atoms with van der Waals surface area (Å²) in [6, 6.07) is 4.02. The average molecular weight is 260 g/mol. The molecule has 3 heterocycles. The fourth-order valence-electron chi connectivity index (χ4n) is 2.63. The molecule has 1 aliphatic heterocycles. The molecule has 0 saturated carbocycles. The van der Waals surface area contributed by atoms with E-state index in [0.29, 0.717) is 11.6 Å². The zero-order valence-electron chi connectivity index (χ0n) is 11.3. The molecule has 1 N–H and O–H groups in total. The van der Waals surface area contributed by atoms with Gasteiger partial charge in [-0.05, 0) is 45.0 Å². The van der Waals surface area contributed by atoms with Gasteiger partial charge in [-0.3, -0.25) is 10.00 Å². The minimum atomic E-state index is 0.286. The topological polar surface area (TPSA) is 58.0 Å². The molecule has 0 aromatic carbocycles. The van der Waals surface area contributed by atoms with Crippen LogP contribution in [0.2, 0.25) is 0 Å². The Morgan fingerprint density at radius 1 is 1.26 bits per heavy atom. The molecule has 1 saturated heterocycles. The summed E-state index contributed by atoms with van der Waals surface area (Å²) in [6.45, 7) is 4.49. The molecule has 0 aliphatic carbocycles. The van der Waals surface area contributed by atoms with E-state index in [1.54, 1.807) is 6.26 Å². The number of nitrogens with one attached hydrogen (secondary N) is 1. The van der Waals surface area contributed by atoms with Gasteiger partial charge in [0.1, 0.15) is 5.82 Å². The first-order valence-corrected chi connectivity index (χ1v) is 7.05. The van der Waals surface area contributed by atoms with Gasteiger partial charge < -0.3 is 4.42 Å². The summed E-state index contributed by atoms with van der Waals surface area (Å²) in [5, 5.41) is 7.29. The predicted octanol–water partition coefficient (Wildman–Crippen LogP) is 3.00. The van der Waals surface area contributed by atoms with E-state index in [4.69, 9.17) is 4.42 Å². The Labute approximate surface area is 113 Å². The van der Waals surface area contributed by atoms with E-state index in [2.05, 4.69) is 27.0 Å². The normalized spacial score (nSPS) is 19.2. The van der Waals surface area contributed by atoms with Crippen LogP contribution in [0.25, 0.3) is 11.6 Å². The van der Waals surface area contributed by atoms with Crippen molar-refractivity contribution in [2.45, 2.75) is 38.6 Å². The van der Waals surface area contributed by atoms with Crippen LogP contribution in [0.15, 0.2) is 22.8 Å². The first-order chi connectivity index (χ1) is 9.34. The van der Waals surface area contributed by atoms with Gasteiger partial charge >= 0.3 is 0 Å². The summed E-state index contributed by atoms with van der Waals surface area (Å²) < 4.78 is 5.32. The quantitative estimate of drug-likeness (QED) is 0.921. The number of hydrogen-bond donors (Lipinski definition) is 1. The maximum absolute atomic E-state index is 5.32. The van der Waals surface area contributed by atoms with Crippen LogP contribution in [0.3, 0.4) is 0 Å². The van der Waals surface area contributed by atoms with E-state index in [1.165, 1.54) is 25.7 Å². The second-order valence-electron chi connectivity index (χ2n) is 5.15. The molecule has 2 aromatic rings. The van der Waals surface area contributed by atoms with Crippen molar-refractivity contribution < 1.29 is 4.42 Å². The van der Waals surface area contributed by atoms with Gasteiger partial charge in [0.15, 0.2) is 5.76 Å². The highest BCUT2D eigenvalue weighted by Gasteiger charge is 2.21. The minimum absolute atomic E-state index is 0.286. The first-order valence-electron chi connectivity index (χ1n) is 7.05. The second-order valence-corrected chi connectivity index (χ2v) is 5.15. The molecule has 102 valence electrons. The molecular formula is C14H20N4O. The lowest BCUT2D eigenvalue weighted by Gasteiger charge is -2.25. The highest BCUT2D eigenvalue weighted by molar-refractivity contribution is 5.45. The van der Waals surface area contributed by atoms with Gasteiger partial charge in [0, 0.05) is 0 Å². The van der Waals surface area contributed by atoms with Crippen LogP contribution >= 0.6 is 0 Å². The van der Waals surface area contributed by atoms with Crippen molar-refractivity contribution in [1.82, 2.24) is 20.1 Å². The molecule has 0 amide bonds. The number of aromatic amines is 1. The summed E-state index contributed by atoms with van der Waals surface area (Å²) in [6.07, 6.45) is 6.89. The third kappa shape index (κ3) is 2.71. The number of nitrogens with zero attached hydrogens (tertiary/aromatic N) is 3. The van der Waals surface area contributed by atoms with Gasteiger partial charge in [-0.15, -0.1) is 5.10 Å². The third-order valence-electron chi connectivity index (χ3n) is 3.83. The molecule has 1 unspecified atom stereocenters. The Morgan fingerprint density at radius 2 is 2.05 bits per heavy atom. The van der Waals surface area contributed by atoms with Gasteiger partial charge in [-0.1, -0.05) is 12.8 Å². The molecule has 1 aliphatic rings. The molecule has 1 fully saturated rings. The van der Waals surface area contributed by atoms with Crippen LogP contribution in [-0.4, -0.2) is 33.2 Å². The second kappa shape index (κ2) is 5.57. The Bertz CT molecular complexity index is 497. The van der Waals surface area contributed by atoms with E-state index in [-0.39, 0.29) is 6.04 Å². The van der Waals surface area contributed by atoms with Crippen molar-refractivity contribution in [3.8, 4) is 11.6 Å². The van der Waals surface area contributed by atoms with Gasteiger partial charge in [-0.2, -0.15) is 0 Å². The molecule has 0 spiro atoms. The molecular weight excluding hydrogens is 240 g/mol. The van der Waals surface area contributed by atoms with Crippen LogP contribution < -0.4 is 0 Å². The number of aromatic nitrogens is 3. The van der Waals surface area contributed by atoms with Gasteiger partial charge in [0.05, 0.1) is 12.3 Å². The van der Waals surface area contributed by atoms with Crippen molar-refractivity contribution in [1.29, 1.82) is 0 Å². The van der Waals surface area contributed by atoms with Crippen molar-refractivity contribution in [3.63, 3.8) is 0 Å². The lowest BCUT2D eigenvalue weighted by molar-refractivity contribution is 0.212. The smallest absolute Gasteiger partial charge is 0.216 e. The number of hydrogen-bond acceptors (Lipinski definition) is 4. The number of furan rings is 1. The lowest BCUT2D eigenvalue weighted by atomic mass is 10.2. The molecule has 3 rings (SSSR count). The number of H-pyrrole nitrogens is 1. The fraction of sp³-hybridized carbons (Fsp3) is 0.571. The van der Waals surface area contributed by atoms with E-state index in [1.807, 2.05) is 12.1 Å². The van der Waals surface area contributed by atoms with Crippen LogP contribution in [0.5, 0.6) is 0 Å². The van der Waals surface area contributed by atoms with Crippen LogP contribution in [0.4, 0.5) is 0 Å². The molecule has 5 nitrogen and oxygen atoms in total. The predicted molar refractivity (Wildman–Crippen MR) is 72.5 cm³/mol. The van der Waals surface area contributed by atoms with E-state index < -0.39 is 0 Å². The van der Waals surface area contributed by atoms with Crippen molar-refractivity contribution in [2.24, 2.45) is 0 Å². The fourth-order valence-corrected chi connectivity index (χ4v) is 2.63. The SMILES string of the molecule is CC(c1nc(-c2ccco2)n[nH]1)N1CCCCCC1. The lowest BCUT2D eigenvalue weighted by Crippen LogP contribution is -2.28. The summed E-state index contributed by atoms with van der Waals surface area (Å²) in [5.74, 6) is 2.28. The maximum Gasteiger partial charge on any atom is 0.216 e. The van der Waals surface area contributed by atoms with Crippen molar-refractivity contribution >= 4 is 0 Å². The monoisotopic (exact) mass is 260 g/mol. The van der Waals surface area contributed by atoms with E-state index in [9.17, 15) is 0 Å². The minimum Gasteiger partial charge on any atom is -0.461 e. The van der Waals surface area contributed by atoms with Gasteiger partial charge in [-0.25, -0.2) is 4.98 Å². The molecule has 19 heavy (non-hydrogen) atoms. The Balaban J connectivity index is 1.74. The van der Waals surface area contributed by atoms with E-state index >= 15 is 0 Å². The standard InChI is InChI=1S/C14H20N4O/c1-11(18-8-4-2-3-5-9-18)13-15-14(17-16-13)12-7-6-10-19-12/h6-7,10-11H,2-5,8-9H2,1H3,(H,15,16,17). The average Bonchev–Trinajstić information content (AvgIpc) is 3.04. The Morgan fingerprint density at radius 3 is 2.74 bits per heavy atom. The van der Waals surface area contributed by atoms with Crippen molar-refractivity contribution in [2.75, 3.05) is 13.1 Å². The Kier molecular flexibility index (Phi) is 3.64. The van der Waals surface area contributed by atoms with Crippen molar-refractivity contribution in [3.05, 3.63) is 24.2 Å².